The van der Waals surface area contributed by atoms with Gasteiger partial charge in [-0.1, -0.05) is 141 Å². The van der Waals surface area contributed by atoms with Crippen LogP contribution >= 0.6 is 0 Å². The molecule has 290 valence electrons. The first kappa shape index (κ1) is 34.0. The Labute approximate surface area is 358 Å². The molecule has 0 saturated heterocycles. The highest BCUT2D eigenvalue weighted by atomic mass is 16.5. The largest absolute Gasteiger partial charge is 0.458 e. The summed E-state index contributed by atoms with van der Waals surface area (Å²) in [5.74, 6) is 3.47. The van der Waals surface area contributed by atoms with Crippen molar-refractivity contribution in [3.05, 3.63) is 199 Å². The molecule has 0 amide bonds. The third-order valence-corrected chi connectivity index (χ3v) is 14.0. The van der Waals surface area contributed by atoms with Crippen LogP contribution in [0.1, 0.15) is 25.0 Å². The number of rotatable bonds is 3. The molecule has 0 unspecified atom stereocenters. The van der Waals surface area contributed by atoms with Crippen LogP contribution < -0.4 is 25.9 Å². The molecular weight excluding hydrogens is 755 g/mol. The maximum atomic E-state index is 6.68. The molecule has 1 aliphatic carbocycles. The van der Waals surface area contributed by atoms with Crippen molar-refractivity contribution >= 4 is 66.7 Å². The Morgan fingerprint density at radius 3 is 1.66 bits per heavy atom. The molecule has 0 N–H and O–H groups in total. The fourth-order valence-corrected chi connectivity index (χ4v) is 11.4. The lowest BCUT2D eigenvalue weighted by Crippen LogP contribution is -2.57. The van der Waals surface area contributed by atoms with Crippen LogP contribution in [0.25, 0.3) is 77.2 Å². The summed E-state index contributed by atoms with van der Waals surface area (Å²) in [4.78, 5) is 0. The van der Waals surface area contributed by atoms with Gasteiger partial charge < -0.3 is 18.6 Å². The highest BCUT2D eigenvalue weighted by molar-refractivity contribution is 6.98. The summed E-state index contributed by atoms with van der Waals surface area (Å²) >= 11 is 0. The summed E-state index contributed by atoms with van der Waals surface area (Å²) in [6, 6.07) is 68.2. The van der Waals surface area contributed by atoms with Crippen molar-refractivity contribution in [2.45, 2.75) is 19.3 Å². The predicted octanol–water partition coefficient (Wildman–Crippen LogP) is 12.6. The van der Waals surface area contributed by atoms with Gasteiger partial charge >= 0.3 is 0 Å². The molecule has 0 spiro atoms. The molecule has 5 heteroatoms. The number of hydrogen-bond acceptors (Lipinski definition) is 2. The quantitative estimate of drug-likeness (QED) is 0.167. The van der Waals surface area contributed by atoms with E-state index in [4.69, 9.17) is 9.47 Å². The molecule has 3 aliphatic rings. The third kappa shape index (κ3) is 4.37. The molecule has 0 radical (unpaired) electrons. The van der Waals surface area contributed by atoms with E-state index >= 15 is 0 Å². The minimum atomic E-state index is -0.244. The van der Waals surface area contributed by atoms with Crippen LogP contribution in [0.4, 0.5) is 0 Å². The number of nitrogens with zero attached hydrogens (tertiary/aromatic N) is 2. The zero-order valence-electron chi connectivity index (χ0n) is 34.2. The normalized spacial score (nSPS) is 14.0. The van der Waals surface area contributed by atoms with E-state index in [1.165, 1.54) is 76.8 Å². The lowest BCUT2D eigenvalue weighted by Gasteiger charge is -2.33. The second kappa shape index (κ2) is 12.2. The molecule has 0 atom stereocenters. The SMILES string of the molecule is CC1(C)c2ccccc2-c2c1c1c3ccccc3n(-c3ccc(-c4cc5c6c(c4)Oc4ccccc4B6c4ccccc4O5)cc3)c1c1c3ccccc3n(-c3ccccc3)c21. The van der Waals surface area contributed by atoms with Crippen LogP contribution in [-0.2, 0) is 5.41 Å². The molecule has 2 aliphatic heterocycles. The molecule has 2 aromatic heterocycles. The van der Waals surface area contributed by atoms with Gasteiger partial charge in [0.05, 0.1) is 22.1 Å². The number of ether oxygens (including phenoxy) is 2. The van der Waals surface area contributed by atoms with E-state index in [1.54, 1.807) is 0 Å². The molecule has 0 fully saturated rings. The Morgan fingerprint density at radius 2 is 0.984 bits per heavy atom. The van der Waals surface area contributed by atoms with Gasteiger partial charge in [0, 0.05) is 49.4 Å². The van der Waals surface area contributed by atoms with Crippen molar-refractivity contribution in [3.63, 3.8) is 0 Å². The molecule has 0 saturated carbocycles. The molecular formula is C57H37BN2O2. The van der Waals surface area contributed by atoms with Gasteiger partial charge in [-0.15, -0.1) is 0 Å². The van der Waals surface area contributed by atoms with Crippen LogP contribution in [0.5, 0.6) is 23.0 Å². The zero-order valence-corrected chi connectivity index (χ0v) is 34.2. The van der Waals surface area contributed by atoms with Gasteiger partial charge in [0.2, 0.25) is 0 Å². The Kier molecular flexibility index (Phi) is 6.68. The van der Waals surface area contributed by atoms with Crippen molar-refractivity contribution in [1.82, 2.24) is 9.13 Å². The molecule has 9 aromatic carbocycles. The number of fused-ring (bicyclic) bond motifs is 16. The molecule has 0 bridgehead atoms. The summed E-state index contributed by atoms with van der Waals surface area (Å²) in [7, 11) is 0. The van der Waals surface area contributed by atoms with Crippen LogP contribution in [-0.4, -0.2) is 15.8 Å². The van der Waals surface area contributed by atoms with Crippen molar-refractivity contribution in [2.24, 2.45) is 0 Å². The Morgan fingerprint density at radius 1 is 0.452 bits per heavy atom. The fourth-order valence-electron chi connectivity index (χ4n) is 11.4. The first-order valence-electron chi connectivity index (χ1n) is 21.5. The average molecular weight is 793 g/mol. The van der Waals surface area contributed by atoms with E-state index in [1.807, 2.05) is 0 Å². The van der Waals surface area contributed by atoms with Crippen molar-refractivity contribution in [2.75, 3.05) is 0 Å². The predicted molar refractivity (Wildman–Crippen MR) is 256 cm³/mol. The van der Waals surface area contributed by atoms with E-state index in [0.29, 0.717) is 0 Å². The zero-order chi connectivity index (χ0) is 40.8. The van der Waals surface area contributed by atoms with Crippen molar-refractivity contribution in [1.29, 1.82) is 0 Å². The van der Waals surface area contributed by atoms with Gasteiger partial charge in [-0.05, 0) is 99.4 Å². The molecule has 62 heavy (non-hydrogen) atoms. The molecule has 14 rings (SSSR count). The summed E-state index contributed by atoms with van der Waals surface area (Å²) in [6.07, 6.45) is 0. The number of benzene rings is 9. The fraction of sp³-hybridized carbons (Fsp3) is 0.0526. The van der Waals surface area contributed by atoms with Crippen molar-refractivity contribution in [3.8, 4) is 56.6 Å². The highest BCUT2D eigenvalue weighted by Gasteiger charge is 2.42. The number of para-hydroxylation sites is 5. The van der Waals surface area contributed by atoms with E-state index in [2.05, 4.69) is 211 Å². The van der Waals surface area contributed by atoms with E-state index in [-0.39, 0.29) is 12.1 Å². The number of aromatic nitrogens is 2. The standard InChI is InChI=1S/C57H37BN2O2/c1-57(2)41-21-9-6-18-38(41)50-53(57)51-39-19-7-12-24-44(39)60(56(51)52-40-20-8-13-25-45(40)59(55(50)52)36-16-4-3-5-17-36)37-30-28-34(29-31-37)35-32-48-54-49(33-35)62-47-27-15-11-23-43(47)58(54)42-22-10-14-26-46(42)61-48/h3-33H,1-2H3. The summed E-state index contributed by atoms with van der Waals surface area (Å²) in [5, 5.41) is 5.10. The van der Waals surface area contributed by atoms with Gasteiger partial charge in [-0.3, -0.25) is 0 Å². The minimum absolute atomic E-state index is 0.0468. The molecule has 4 nitrogen and oxygen atoms in total. The Bertz CT molecular complexity index is 3660. The molecule has 4 heterocycles. The second-order valence-corrected chi connectivity index (χ2v) is 17.6. The van der Waals surface area contributed by atoms with Crippen LogP contribution in [0.2, 0.25) is 0 Å². The first-order valence-corrected chi connectivity index (χ1v) is 21.5. The maximum absolute atomic E-state index is 6.68. The first-order chi connectivity index (χ1) is 30.5. The number of hydrogen-bond donors (Lipinski definition) is 0. The Hall–Kier alpha value is -7.76. The van der Waals surface area contributed by atoms with E-state index in [0.717, 1.165) is 51.0 Å². The molecule has 11 aromatic rings. The van der Waals surface area contributed by atoms with Gasteiger partial charge in [0.15, 0.2) is 0 Å². The topological polar surface area (TPSA) is 28.3 Å². The maximum Gasteiger partial charge on any atom is 0.260 e. The van der Waals surface area contributed by atoms with Gasteiger partial charge in [0.25, 0.3) is 6.71 Å². The van der Waals surface area contributed by atoms with Crippen LogP contribution in [0.3, 0.4) is 0 Å². The lowest BCUT2D eigenvalue weighted by atomic mass is 9.35. The summed E-state index contributed by atoms with van der Waals surface area (Å²) in [5.41, 5.74) is 17.9. The van der Waals surface area contributed by atoms with E-state index in [9.17, 15) is 0 Å². The van der Waals surface area contributed by atoms with Crippen LogP contribution in [0.15, 0.2) is 188 Å². The minimum Gasteiger partial charge on any atom is -0.458 e. The third-order valence-electron chi connectivity index (χ3n) is 14.0. The smallest absolute Gasteiger partial charge is 0.260 e. The highest BCUT2D eigenvalue weighted by Crippen LogP contribution is 2.58. The van der Waals surface area contributed by atoms with Crippen molar-refractivity contribution < 1.29 is 9.47 Å². The summed E-state index contributed by atoms with van der Waals surface area (Å²) < 4.78 is 18.4. The summed E-state index contributed by atoms with van der Waals surface area (Å²) in [6.45, 7) is 4.88. The van der Waals surface area contributed by atoms with E-state index < -0.39 is 0 Å². The monoisotopic (exact) mass is 792 g/mol. The second-order valence-electron chi connectivity index (χ2n) is 17.6. The van der Waals surface area contributed by atoms with Crippen LogP contribution in [0, 0.1) is 0 Å². The Balaban J connectivity index is 1.03. The van der Waals surface area contributed by atoms with Gasteiger partial charge in [0.1, 0.15) is 23.0 Å². The van der Waals surface area contributed by atoms with Gasteiger partial charge in [-0.25, -0.2) is 0 Å². The van der Waals surface area contributed by atoms with Gasteiger partial charge in [-0.2, -0.15) is 0 Å². The lowest BCUT2D eigenvalue weighted by molar-refractivity contribution is 0.465. The average Bonchev–Trinajstić information content (AvgIpc) is 3.92.